The van der Waals surface area contributed by atoms with Gasteiger partial charge in [-0.3, -0.25) is 14.3 Å². The average molecular weight is 593 g/mol. The molecule has 0 radical (unpaired) electrons. The number of aryl methyl sites for hydroxylation is 1. The fraction of sp³-hybridized carbons (Fsp3) is 0.333. The van der Waals surface area contributed by atoms with Gasteiger partial charge in [-0.1, -0.05) is 36.4 Å². The number of fused-ring (bicyclic) bond motifs is 1. The quantitative estimate of drug-likeness (QED) is 0.158. The van der Waals surface area contributed by atoms with Crippen LogP contribution in [0.5, 0.6) is 0 Å². The summed E-state index contributed by atoms with van der Waals surface area (Å²) >= 11 is 0. The van der Waals surface area contributed by atoms with Crippen LogP contribution in [0.1, 0.15) is 43.1 Å². The first-order chi connectivity index (χ1) is 20.0. The first kappa shape index (κ1) is 30.7. The van der Waals surface area contributed by atoms with Gasteiger partial charge in [-0.2, -0.15) is 9.82 Å². The van der Waals surface area contributed by atoms with Crippen LogP contribution in [0, 0.1) is 0 Å². The van der Waals surface area contributed by atoms with E-state index in [-0.39, 0.29) is 12.3 Å². The normalized spacial score (nSPS) is 12.5. The lowest BCUT2D eigenvalue weighted by molar-refractivity contribution is -0.156. The molecule has 2 aromatic carbocycles. The first-order valence-electron chi connectivity index (χ1n) is 13.6. The Morgan fingerprint density at radius 3 is 2.50 bits per heavy atom. The Kier molecular flexibility index (Phi) is 9.92. The number of hydrogen-bond donors (Lipinski definition) is 3. The van der Waals surface area contributed by atoms with E-state index in [1.165, 1.54) is 0 Å². The van der Waals surface area contributed by atoms with E-state index in [0.717, 1.165) is 29.7 Å². The van der Waals surface area contributed by atoms with Gasteiger partial charge >= 0.3 is 5.97 Å². The second kappa shape index (κ2) is 13.6. The molecule has 11 nitrogen and oxygen atoms in total. The van der Waals surface area contributed by atoms with Crippen molar-refractivity contribution < 1.29 is 22.7 Å². The van der Waals surface area contributed by atoms with Gasteiger partial charge < -0.3 is 15.4 Å². The van der Waals surface area contributed by atoms with Crippen LogP contribution in [0.3, 0.4) is 0 Å². The molecule has 2 heterocycles. The van der Waals surface area contributed by atoms with E-state index in [2.05, 4.69) is 25.4 Å². The van der Waals surface area contributed by atoms with Crippen molar-refractivity contribution in [1.29, 1.82) is 0 Å². The number of benzene rings is 2. The maximum absolute atomic E-state index is 13.0. The lowest BCUT2D eigenvalue weighted by Gasteiger charge is -2.24. The predicted octanol–water partition coefficient (Wildman–Crippen LogP) is 3.49. The van der Waals surface area contributed by atoms with Gasteiger partial charge in [-0.25, -0.2) is 13.4 Å². The van der Waals surface area contributed by atoms with Gasteiger partial charge in [0.15, 0.2) is 0 Å². The zero-order valence-corrected chi connectivity index (χ0v) is 24.7. The molecule has 4 aromatic rings. The fourth-order valence-electron chi connectivity index (χ4n) is 4.21. The highest BCUT2D eigenvalue weighted by Gasteiger charge is 2.30. The van der Waals surface area contributed by atoms with E-state index in [0.29, 0.717) is 17.7 Å². The third-order valence-corrected chi connectivity index (χ3v) is 7.46. The van der Waals surface area contributed by atoms with Gasteiger partial charge in [-0.15, -0.1) is 0 Å². The van der Waals surface area contributed by atoms with Crippen molar-refractivity contribution in [3.63, 3.8) is 0 Å². The summed E-state index contributed by atoms with van der Waals surface area (Å²) in [5.41, 5.74) is 0.957. The molecule has 42 heavy (non-hydrogen) atoms. The number of carbonyl (C=O) groups excluding carboxylic acids is 2. The number of ether oxygens (including phenoxy) is 1. The molecule has 3 N–H and O–H groups in total. The number of aromatic nitrogens is 3. The molecule has 12 heteroatoms. The van der Waals surface area contributed by atoms with Crippen molar-refractivity contribution in [2.45, 2.75) is 51.1 Å². The smallest absolute Gasteiger partial charge is 0.326 e. The van der Waals surface area contributed by atoms with Gasteiger partial charge in [0.1, 0.15) is 17.5 Å². The predicted molar refractivity (Wildman–Crippen MR) is 161 cm³/mol. The Labute approximate surface area is 245 Å². The Hall–Kier alpha value is -4.29. The lowest BCUT2D eigenvalue weighted by Crippen LogP contribution is -2.50. The van der Waals surface area contributed by atoms with Crippen LogP contribution >= 0.6 is 0 Å². The minimum Gasteiger partial charge on any atom is -0.459 e. The van der Waals surface area contributed by atoms with Gasteiger partial charge in [0.25, 0.3) is 5.91 Å². The number of sulfonamides is 1. The molecule has 0 aliphatic heterocycles. The van der Waals surface area contributed by atoms with Crippen molar-refractivity contribution in [3.05, 3.63) is 90.3 Å². The van der Waals surface area contributed by atoms with Gasteiger partial charge in [0.2, 0.25) is 10.0 Å². The number of anilines is 1. The van der Waals surface area contributed by atoms with Crippen LogP contribution < -0.4 is 15.4 Å². The van der Waals surface area contributed by atoms with Crippen LogP contribution in [0.2, 0.25) is 0 Å². The van der Waals surface area contributed by atoms with Crippen LogP contribution in [0.4, 0.5) is 5.82 Å². The molecule has 1 amide bonds. The summed E-state index contributed by atoms with van der Waals surface area (Å²) < 4.78 is 35.4. The number of hydrogen-bond acceptors (Lipinski definition) is 8. The number of pyridine rings is 1. The molecular weight excluding hydrogens is 556 g/mol. The Balaban J connectivity index is 1.38. The number of amides is 1. The summed E-state index contributed by atoms with van der Waals surface area (Å²) in [6.45, 7) is 6.17. The molecule has 1 atom stereocenters. The Morgan fingerprint density at radius 2 is 1.79 bits per heavy atom. The van der Waals surface area contributed by atoms with E-state index in [1.807, 2.05) is 28.9 Å². The monoisotopic (exact) mass is 592 g/mol. The van der Waals surface area contributed by atoms with Gasteiger partial charge in [0.05, 0.1) is 17.5 Å². The standard InChI is InChI=1S/C30H36N6O5S/c1-30(2,3)41-29(38)25(35-42(39,40)21-22-10-5-4-6-11-22)20-33-28(37)23-13-14-26-24(18-23)19-34-36(26)17-9-16-32-27-12-7-8-15-31-27/h4-8,10-15,18-19,25,35H,9,16-17,20-21H2,1-3H3,(H,31,32)(H,33,37)/t25-/m0/s1. The minimum absolute atomic E-state index is 0.289. The summed E-state index contributed by atoms with van der Waals surface area (Å²) in [4.78, 5) is 30.2. The van der Waals surface area contributed by atoms with E-state index < -0.39 is 33.5 Å². The maximum atomic E-state index is 13.0. The van der Waals surface area contributed by atoms with Crippen LogP contribution in [-0.2, 0) is 31.9 Å². The van der Waals surface area contributed by atoms with E-state index in [1.54, 1.807) is 75.6 Å². The molecule has 0 spiro atoms. The lowest BCUT2D eigenvalue weighted by atomic mass is 10.1. The van der Waals surface area contributed by atoms with Crippen molar-refractivity contribution in [1.82, 2.24) is 24.8 Å². The highest BCUT2D eigenvalue weighted by atomic mass is 32.2. The molecular formula is C30H36N6O5S. The average Bonchev–Trinajstić information content (AvgIpc) is 3.35. The second-order valence-corrected chi connectivity index (χ2v) is 12.5. The minimum atomic E-state index is -3.92. The Morgan fingerprint density at radius 1 is 1.02 bits per heavy atom. The fourth-order valence-corrected chi connectivity index (χ4v) is 5.54. The highest BCUT2D eigenvalue weighted by molar-refractivity contribution is 7.88. The van der Waals surface area contributed by atoms with Crippen molar-refractivity contribution in [2.75, 3.05) is 18.4 Å². The second-order valence-electron chi connectivity index (χ2n) is 10.8. The summed E-state index contributed by atoms with van der Waals surface area (Å²) in [6, 6.07) is 18.2. The number of nitrogens with zero attached hydrogens (tertiary/aromatic N) is 3. The summed E-state index contributed by atoms with van der Waals surface area (Å²) in [7, 11) is -3.92. The molecule has 0 aliphatic rings. The molecule has 4 rings (SSSR count). The number of nitrogens with one attached hydrogen (secondary N) is 3. The molecule has 222 valence electrons. The van der Waals surface area contributed by atoms with Crippen LogP contribution in [0.25, 0.3) is 10.9 Å². The molecule has 0 unspecified atom stereocenters. The molecule has 0 fully saturated rings. The van der Waals surface area contributed by atoms with E-state index in [4.69, 9.17) is 4.74 Å². The zero-order valence-electron chi connectivity index (χ0n) is 23.9. The number of esters is 1. The molecule has 0 bridgehead atoms. The van der Waals surface area contributed by atoms with Crippen molar-refractivity contribution in [3.8, 4) is 0 Å². The molecule has 0 aliphatic carbocycles. The van der Waals surface area contributed by atoms with E-state index in [9.17, 15) is 18.0 Å². The topological polar surface area (TPSA) is 144 Å². The van der Waals surface area contributed by atoms with Crippen molar-refractivity contribution >= 4 is 38.6 Å². The zero-order chi connectivity index (χ0) is 30.2. The summed E-state index contributed by atoms with van der Waals surface area (Å²) in [6.07, 6.45) is 4.25. The molecule has 0 saturated carbocycles. The maximum Gasteiger partial charge on any atom is 0.326 e. The van der Waals surface area contributed by atoms with Gasteiger partial charge in [-0.05, 0) is 63.1 Å². The van der Waals surface area contributed by atoms with Crippen molar-refractivity contribution in [2.24, 2.45) is 0 Å². The highest BCUT2D eigenvalue weighted by Crippen LogP contribution is 2.17. The number of rotatable bonds is 13. The van der Waals surface area contributed by atoms with E-state index >= 15 is 0 Å². The molecule has 2 aromatic heterocycles. The first-order valence-corrected chi connectivity index (χ1v) is 15.3. The summed E-state index contributed by atoms with van der Waals surface area (Å²) in [5, 5.41) is 11.2. The SMILES string of the molecule is CC(C)(C)OC(=O)[C@H](CNC(=O)c1ccc2c(cnn2CCCNc2ccccn2)c1)NS(=O)(=O)Cc1ccccc1. The third kappa shape index (κ3) is 9.11. The number of carbonyl (C=O) groups is 2. The summed E-state index contributed by atoms with van der Waals surface area (Å²) in [5.74, 6) is -0.744. The van der Waals surface area contributed by atoms with Gasteiger partial charge in [0, 0.05) is 36.8 Å². The largest absolute Gasteiger partial charge is 0.459 e. The van der Waals surface area contributed by atoms with Crippen LogP contribution in [0.15, 0.2) is 79.1 Å². The van der Waals surface area contributed by atoms with Crippen LogP contribution in [-0.4, -0.2) is 59.8 Å². The molecule has 0 saturated heterocycles. The third-order valence-electron chi connectivity index (χ3n) is 6.10. The Bertz CT molecular complexity index is 1600.